The number of carbonyl (C=O) groups excluding carboxylic acids is 2. The Morgan fingerprint density at radius 3 is 2.54 bits per heavy atom. The van der Waals surface area contributed by atoms with E-state index in [0.29, 0.717) is 18.5 Å². The lowest BCUT2D eigenvalue weighted by atomic mass is 10.1. The first-order valence-corrected chi connectivity index (χ1v) is 7.65. The highest BCUT2D eigenvalue weighted by Gasteiger charge is 2.20. The molecule has 1 saturated heterocycles. The number of nitrogens with zero attached hydrogens (tertiary/aromatic N) is 1. The van der Waals surface area contributed by atoms with Gasteiger partial charge in [-0.05, 0) is 36.2 Å². The molecule has 3 rings (SSSR count). The summed E-state index contributed by atoms with van der Waals surface area (Å²) < 4.78 is 26.4. The van der Waals surface area contributed by atoms with E-state index < -0.39 is 17.5 Å². The molecule has 124 valence electrons. The maximum absolute atomic E-state index is 13.2. The second-order valence-electron chi connectivity index (χ2n) is 5.73. The summed E-state index contributed by atoms with van der Waals surface area (Å²) in [5.41, 5.74) is 1.25. The Morgan fingerprint density at radius 1 is 1.12 bits per heavy atom. The third kappa shape index (κ3) is 3.76. The van der Waals surface area contributed by atoms with Crippen LogP contribution in [0.5, 0.6) is 0 Å². The highest BCUT2D eigenvalue weighted by Crippen LogP contribution is 2.17. The number of hydrogen-bond acceptors (Lipinski definition) is 2. The van der Waals surface area contributed by atoms with Crippen LogP contribution < -0.4 is 5.32 Å². The number of nitrogens with one attached hydrogen (secondary N) is 1. The Hall–Kier alpha value is -2.76. The zero-order valence-electron chi connectivity index (χ0n) is 12.9. The molecular weight excluding hydrogens is 314 g/mol. The van der Waals surface area contributed by atoms with Gasteiger partial charge >= 0.3 is 0 Å². The summed E-state index contributed by atoms with van der Waals surface area (Å²) in [4.78, 5) is 25.7. The first-order valence-electron chi connectivity index (χ1n) is 7.65. The number of halogens is 2. The molecule has 0 spiro atoms. The maximum Gasteiger partial charge on any atom is 0.255 e. The summed E-state index contributed by atoms with van der Waals surface area (Å²) in [6.07, 6.45) is 1.41. The SMILES string of the molecule is O=C(Nc1cc(F)cc(F)c1)c1cccc(CN2CCCC2=O)c1. The van der Waals surface area contributed by atoms with Crippen molar-refractivity contribution in [2.24, 2.45) is 0 Å². The van der Waals surface area contributed by atoms with Crippen molar-refractivity contribution in [3.05, 3.63) is 65.2 Å². The van der Waals surface area contributed by atoms with E-state index in [0.717, 1.165) is 36.7 Å². The van der Waals surface area contributed by atoms with E-state index in [1.54, 1.807) is 23.1 Å². The maximum atomic E-state index is 13.2. The molecule has 1 fully saturated rings. The number of rotatable bonds is 4. The highest BCUT2D eigenvalue weighted by atomic mass is 19.1. The average Bonchev–Trinajstić information content (AvgIpc) is 2.91. The minimum Gasteiger partial charge on any atom is -0.338 e. The van der Waals surface area contributed by atoms with Crippen molar-refractivity contribution in [3.63, 3.8) is 0 Å². The molecule has 0 aliphatic carbocycles. The molecule has 6 heteroatoms. The summed E-state index contributed by atoms with van der Waals surface area (Å²) in [6, 6.07) is 9.68. The predicted octanol–water partition coefficient (Wildman–Crippen LogP) is 3.34. The fraction of sp³-hybridized carbons (Fsp3) is 0.222. The van der Waals surface area contributed by atoms with E-state index in [9.17, 15) is 18.4 Å². The Kier molecular flexibility index (Phi) is 4.55. The topological polar surface area (TPSA) is 49.4 Å². The number of hydrogen-bond donors (Lipinski definition) is 1. The van der Waals surface area contributed by atoms with Gasteiger partial charge in [-0.1, -0.05) is 12.1 Å². The minimum atomic E-state index is -0.758. The lowest BCUT2D eigenvalue weighted by Crippen LogP contribution is -2.24. The Labute approximate surface area is 138 Å². The Morgan fingerprint density at radius 2 is 1.88 bits per heavy atom. The van der Waals surface area contributed by atoms with Crippen molar-refractivity contribution in [1.82, 2.24) is 4.90 Å². The first-order chi connectivity index (χ1) is 11.5. The largest absolute Gasteiger partial charge is 0.338 e. The van der Waals surface area contributed by atoms with Gasteiger partial charge in [-0.25, -0.2) is 8.78 Å². The molecule has 0 aromatic heterocycles. The van der Waals surface area contributed by atoms with Gasteiger partial charge in [0.1, 0.15) is 11.6 Å². The van der Waals surface area contributed by atoms with Gasteiger partial charge in [-0.2, -0.15) is 0 Å². The number of likely N-dealkylation sites (tertiary alicyclic amines) is 1. The van der Waals surface area contributed by atoms with Gasteiger partial charge in [0, 0.05) is 36.8 Å². The first kappa shape index (κ1) is 16.1. The third-order valence-corrected chi connectivity index (χ3v) is 3.85. The third-order valence-electron chi connectivity index (χ3n) is 3.85. The molecule has 2 amide bonds. The molecule has 0 saturated carbocycles. The zero-order valence-corrected chi connectivity index (χ0v) is 12.9. The minimum absolute atomic E-state index is 0.0534. The van der Waals surface area contributed by atoms with Crippen LogP contribution in [0.15, 0.2) is 42.5 Å². The lowest BCUT2D eigenvalue weighted by molar-refractivity contribution is -0.128. The van der Waals surface area contributed by atoms with Crippen LogP contribution in [0.1, 0.15) is 28.8 Å². The molecule has 1 N–H and O–H groups in total. The van der Waals surface area contributed by atoms with Crippen LogP contribution in [0.2, 0.25) is 0 Å². The van der Waals surface area contributed by atoms with E-state index in [2.05, 4.69) is 5.32 Å². The molecule has 2 aromatic rings. The van der Waals surface area contributed by atoms with Crippen molar-refractivity contribution in [2.45, 2.75) is 19.4 Å². The van der Waals surface area contributed by atoms with Gasteiger partial charge in [0.2, 0.25) is 5.91 Å². The summed E-state index contributed by atoms with van der Waals surface area (Å²) in [5.74, 6) is -1.87. The average molecular weight is 330 g/mol. The van der Waals surface area contributed by atoms with Crippen molar-refractivity contribution in [3.8, 4) is 0 Å². The summed E-state index contributed by atoms with van der Waals surface area (Å²) >= 11 is 0. The molecule has 0 radical (unpaired) electrons. The van der Waals surface area contributed by atoms with Crippen molar-refractivity contribution in [1.29, 1.82) is 0 Å². The van der Waals surface area contributed by atoms with Crippen LogP contribution in [0.4, 0.5) is 14.5 Å². The quantitative estimate of drug-likeness (QED) is 0.935. The molecule has 2 aromatic carbocycles. The van der Waals surface area contributed by atoms with Crippen LogP contribution in [0, 0.1) is 11.6 Å². The van der Waals surface area contributed by atoms with Crippen LogP contribution in [-0.2, 0) is 11.3 Å². The monoisotopic (exact) mass is 330 g/mol. The fourth-order valence-electron chi connectivity index (χ4n) is 2.73. The van der Waals surface area contributed by atoms with Crippen LogP contribution >= 0.6 is 0 Å². The second-order valence-corrected chi connectivity index (χ2v) is 5.73. The van der Waals surface area contributed by atoms with Crippen LogP contribution in [0.3, 0.4) is 0 Å². The van der Waals surface area contributed by atoms with Gasteiger partial charge in [0.25, 0.3) is 5.91 Å². The van der Waals surface area contributed by atoms with Crippen molar-refractivity contribution < 1.29 is 18.4 Å². The fourth-order valence-corrected chi connectivity index (χ4v) is 2.73. The number of benzene rings is 2. The molecule has 1 aliphatic heterocycles. The van der Waals surface area contributed by atoms with E-state index in [1.807, 2.05) is 6.07 Å². The smallest absolute Gasteiger partial charge is 0.255 e. The molecule has 0 atom stereocenters. The molecule has 4 nitrogen and oxygen atoms in total. The van der Waals surface area contributed by atoms with Gasteiger partial charge in [-0.15, -0.1) is 0 Å². The number of carbonyl (C=O) groups is 2. The van der Waals surface area contributed by atoms with E-state index in [-0.39, 0.29) is 11.6 Å². The molecule has 0 unspecified atom stereocenters. The van der Waals surface area contributed by atoms with Crippen molar-refractivity contribution in [2.75, 3.05) is 11.9 Å². The Bertz CT molecular complexity index is 772. The van der Waals surface area contributed by atoms with E-state index in [1.165, 1.54) is 0 Å². The number of anilines is 1. The molecular formula is C18H16F2N2O2. The second kappa shape index (κ2) is 6.78. The van der Waals surface area contributed by atoms with Gasteiger partial charge in [0.05, 0.1) is 0 Å². The molecule has 24 heavy (non-hydrogen) atoms. The highest BCUT2D eigenvalue weighted by molar-refractivity contribution is 6.04. The van der Waals surface area contributed by atoms with E-state index >= 15 is 0 Å². The Balaban J connectivity index is 1.73. The van der Waals surface area contributed by atoms with Crippen LogP contribution in [-0.4, -0.2) is 23.3 Å². The standard InChI is InChI=1S/C18H16F2N2O2/c19-14-8-15(20)10-16(9-14)21-18(24)13-4-1-3-12(7-13)11-22-6-2-5-17(22)23/h1,3-4,7-10H,2,5-6,11H2,(H,21,24). The normalized spacial score (nSPS) is 14.1. The van der Waals surface area contributed by atoms with Crippen LogP contribution in [0.25, 0.3) is 0 Å². The van der Waals surface area contributed by atoms with Gasteiger partial charge in [0.15, 0.2) is 0 Å². The van der Waals surface area contributed by atoms with Gasteiger partial charge in [-0.3, -0.25) is 9.59 Å². The summed E-state index contributed by atoms with van der Waals surface area (Å²) in [5, 5.41) is 2.47. The number of amides is 2. The summed E-state index contributed by atoms with van der Waals surface area (Å²) in [6.45, 7) is 1.17. The molecule has 1 aliphatic rings. The lowest BCUT2D eigenvalue weighted by Gasteiger charge is -2.16. The zero-order chi connectivity index (χ0) is 17.1. The molecule has 0 bridgehead atoms. The van der Waals surface area contributed by atoms with E-state index in [4.69, 9.17) is 0 Å². The molecule has 1 heterocycles. The van der Waals surface area contributed by atoms with Crippen molar-refractivity contribution >= 4 is 17.5 Å². The predicted molar refractivity (Wildman–Crippen MR) is 85.4 cm³/mol. The van der Waals surface area contributed by atoms with Gasteiger partial charge < -0.3 is 10.2 Å². The summed E-state index contributed by atoms with van der Waals surface area (Å²) in [7, 11) is 0.